The maximum absolute atomic E-state index is 10.6. The van der Waals surface area contributed by atoms with Gasteiger partial charge in [0, 0.05) is 30.1 Å². The van der Waals surface area contributed by atoms with Gasteiger partial charge in [-0.15, -0.1) is 0 Å². The minimum Gasteiger partial charge on any atom is -0.481 e. The molecule has 0 radical (unpaired) electrons. The van der Waals surface area contributed by atoms with Gasteiger partial charge in [-0.3, -0.25) is 4.79 Å². The highest BCUT2D eigenvalue weighted by Gasteiger charge is 2.41. The number of hydrogen-bond acceptors (Lipinski definition) is 4. The van der Waals surface area contributed by atoms with Gasteiger partial charge in [-0.25, -0.2) is 0 Å². The highest BCUT2D eigenvalue weighted by atomic mass is 32.2. The van der Waals surface area contributed by atoms with Crippen LogP contribution in [0.2, 0.25) is 0 Å². The van der Waals surface area contributed by atoms with Crippen LogP contribution >= 0.6 is 11.8 Å². The summed E-state index contributed by atoms with van der Waals surface area (Å²) in [6.45, 7) is 4.27. The number of rotatable bonds is 4. The topological polar surface area (TPSA) is 55.8 Å². The Hall–Kier alpha value is -0.260. The summed E-state index contributed by atoms with van der Waals surface area (Å²) in [6, 6.07) is 0. The Morgan fingerprint density at radius 3 is 3.06 bits per heavy atom. The number of hydrogen-bond donors (Lipinski definition) is 1. The van der Waals surface area contributed by atoms with Crippen LogP contribution in [0.5, 0.6) is 0 Å². The van der Waals surface area contributed by atoms with E-state index in [0.29, 0.717) is 11.9 Å². The fourth-order valence-corrected chi connectivity index (χ4v) is 4.11. The lowest BCUT2D eigenvalue weighted by atomic mass is 9.93. The van der Waals surface area contributed by atoms with Crippen LogP contribution in [0.1, 0.15) is 32.6 Å². The van der Waals surface area contributed by atoms with E-state index in [1.54, 1.807) is 11.8 Å². The van der Waals surface area contributed by atoms with Gasteiger partial charge in [0.15, 0.2) is 0 Å². The predicted octanol–water partition coefficient (Wildman–Crippen LogP) is 1.92. The third kappa shape index (κ3) is 3.60. The van der Waals surface area contributed by atoms with E-state index in [1.807, 2.05) is 6.92 Å². The van der Waals surface area contributed by atoms with E-state index in [9.17, 15) is 4.79 Å². The van der Waals surface area contributed by atoms with Crippen molar-refractivity contribution in [1.82, 2.24) is 0 Å². The first-order valence-corrected chi connectivity index (χ1v) is 7.13. The zero-order valence-corrected chi connectivity index (χ0v) is 11.0. The smallest absolute Gasteiger partial charge is 0.304 e. The SMILES string of the molecule is CC(CC(=O)O)SC1CCOC2(CCOC2)C1. The molecule has 3 unspecified atom stereocenters. The Morgan fingerprint density at radius 1 is 1.59 bits per heavy atom. The summed E-state index contributed by atoms with van der Waals surface area (Å²) < 4.78 is 11.3. The van der Waals surface area contributed by atoms with Crippen LogP contribution in [0.15, 0.2) is 0 Å². The summed E-state index contributed by atoms with van der Waals surface area (Å²) >= 11 is 1.79. The molecule has 2 fully saturated rings. The number of aliphatic carboxylic acids is 1. The fourth-order valence-electron chi connectivity index (χ4n) is 2.58. The Labute approximate surface area is 106 Å². The zero-order chi connectivity index (χ0) is 12.3. The summed E-state index contributed by atoms with van der Waals surface area (Å²) in [7, 11) is 0. The molecule has 4 nitrogen and oxygen atoms in total. The molecule has 17 heavy (non-hydrogen) atoms. The molecular weight excluding hydrogens is 240 g/mol. The maximum Gasteiger partial charge on any atom is 0.304 e. The highest BCUT2D eigenvalue weighted by molar-refractivity contribution is 8.00. The second-order valence-corrected chi connectivity index (χ2v) is 6.74. The molecule has 2 saturated heterocycles. The van der Waals surface area contributed by atoms with Gasteiger partial charge < -0.3 is 14.6 Å². The summed E-state index contributed by atoms with van der Waals surface area (Å²) in [5.74, 6) is -0.712. The molecule has 0 aliphatic carbocycles. The molecule has 1 N–H and O–H groups in total. The first-order chi connectivity index (χ1) is 8.10. The van der Waals surface area contributed by atoms with Crippen LogP contribution in [0.3, 0.4) is 0 Å². The molecule has 0 aromatic carbocycles. The third-order valence-electron chi connectivity index (χ3n) is 3.40. The van der Waals surface area contributed by atoms with Gasteiger partial charge in [0.05, 0.1) is 18.6 Å². The molecule has 0 bridgehead atoms. The molecule has 5 heteroatoms. The summed E-state index contributed by atoms with van der Waals surface area (Å²) in [4.78, 5) is 10.6. The number of carboxylic acids is 1. The van der Waals surface area contributed by atoms with Gasteiger partial charge in [0.25, 0.3) is 0 Å². The number of carboxylic acid groups (broad SMARTS) is 1. The Morgan fingerprint density at radius 2 is 2.41 bits per heavy atom. The maximum atomic E-state index is 10.6. The van der Waals surface area contributed by atoms with Crippen molar-refractivity contribution in [1.29, 1.82) is 0 Å². The highest BCUT2D eigenvalue weighted by Crippen LogP contribution is 2.39. The van der Waals surface area contributed by atoms with Crippen molar-refractivity contribution in [2.75, 3.05) is 19.8 Å². The first-order valence-electron chi connectivity index (χ1n) is 6.19. The third-order valence-corrected chi connectivity index (χ3v) is 4.82. The average molecular weight is 260 g/mol. The molecule has 0 aromatic rings. The molecule has 2 rings (SSSR count). The minimum absolute atomic E-state index is 0.0706. The molecule has 3 atom stereocenters. The van der Waals surface area contributed by atoms with E-state index >= 15 is 0 Å². The molecule has 2 aliphatic heterocycles. The van der Waals surface area contributed by atoms with Gasteiger partial charge in [-0.1, -0.05) is 6.92 Å². The number of ether oxygens (including phenoxy) is 2. The van der Waals surface area contributed by atoms with Crippen molar-refractivity contribution in [3.8, 4) is 0 Å². The normalized spacial score (nSPS) is 35.0. The van der Waals surface area contributed by atoms with Crippen molar-refractivity contribution < 1.29 is 19.4 Å². The predicted molar refractivity (Wildman–Crippen MR) is 66.4 cm³/mol. The van der Waals surface area contributed by atoms with Crippen molar-refractivity contribution >= 4 is 17.7 Å². The summed E-state index contributed by atoms with van der Waals surface area (Å²) in [6.07, 6.45) is 3.25. The van der Waals surface area contributed by atoms with E-state index in [-0.39, 0.29) is 17.3 Å². The Bertz CT molecular complexity index is 276. The van der Waals surface area contributed by atoms with Gasteiger partial charge in [-0.2, -0.15) is 11.8 Å². The van der Waals surface area contributed by atoms with Crippen LogP contribution in [0, 0.1) is 0 Å². The van der Waals surface area contributed by atoms with E-state index in [4.69, 9.17) is 14.6 Å². The van der Waals surface area contributed by atoms with Crippen LogP contribution in [0.4, 0.5) is 0 Å². The lowest BCUT2D eigenvalue weighted by Gasteiger charge is -2.37. The molecule has 1 spiro atoms. The minimum atomic E-state index is -0.712. The van der Waals surface area contributed by atoms with E-state index in [1.165, 1.54) is 0 Å². The molecule has 2 aliphatic rings. The first kappa shape index (κ1) is 13.2. The van der Waals surface area contributed by atoms with Crippen LogP contribution in [-0.4, -0.2) is 47.0 Å². The summed E-state index contributed by atoms with van der Waals surface area (Å²) in [5, 5.41) is 9.45. The monoisotopic (exact) mass is 260 g/mol. The second-order valence-electron chi connectivity index (χ2n) is 4.99. The van der Waals surface area contributed by atoms with Gasteiger partial charge in [0.2, 0.25) is 0 Å². The average Bonchev–Trinajstić information content (AvgIpc) is 2.64. The lowest BCUT2D eigenvalue weighted by molar-refractivity contribution is -0.136. The van der Waals surface area contributed by atoms with Crippen molar-refractivity contribution in [2.24, 2.45) is 0 Å². The number of thioether (sulfide) groups is 1. The van der Waals surface area contributed by atoms with E-state index in [0.717, 1.165) is 32.5 Å². The van der Waals surface area contributed by atoms with Crippen molar-refractivity contribution in [3.63, 3.8) is 0 Å². The second kappa shape index (κ2) is 5.59. The standard InChI is InChI=1S/C12H20O4S/c1-9(6-11(13)14)17-10-2-4-16-12(7-10)3-5-15-8-12/h9-10H,2-8H2,1H3,(H,13,14). The van der Waals surface area contributed by atoms with Crippen molar-refractivity contribution in [2.45, 2.75) is 48.7 Å². The molecule has 98 valence electrons. The number of carbonyl (C=O) groups is 1. The molecule has 0 amide bonds. The van der Waals surface area contributed by atoms with Gasteiger partial charge in [0.1, 0.15) is 0 Å². The Balaban J connectivity index is 1.83. The largest absolute Gasteiger partial charge is 0.481 e. The van der Waals surface area contributed by atoms with Crippen LogP contribution < -0.4 is 0 Å². The van der Waals surface area contributed by atoms with Gasteiger partial charge >= 0.3 is 5.97 Å². The van der Waals surface area contributed by atoms with E-state index < -0.39 is 5.97 Å². The van der Waals surface area contributed by atoms with Crippen LogP contribution in [0.25, 0.3) is 0 Å². The quantitative estimate of drug-likeness (QED) is 0.837. The van der Waals surface area contributed by atoms with E-state index in [2.05, 4.69) is 0 Å². The molecule has 0 aromatic heterocycles. The summed E-state index contributed by atoms with van der Waals surface area (Å²) in [5.41, 5.74) is -0.0706. The molecular formula is C12H20O4S. The van der Waals surface area contributed by atoms with Crippen LogP contribution in [-0.2, 0) is 14.3 Å². The molecule has 0 saturated carbocycles. The zero-order valence-electron chi connectivity index (χ0n) is 10.2. The van der Waals surface area contributed by atoms with Crippen molar-refractivity contribution in [3.05, 3.63) is 0 Å². The lowest BCUT2D eigenvalue weighted by Crippen LogP contribution is -2.41. The Kier molecular flexibility index (Phi) is 4.33. The molecule has 2 heterocycles. The fraction of sp³-hybridized carbons (Fsp3) is 0.917. The van der Waals surface area contributed by atoms with Gasteiger partial charge in [-0.05, 0) is 12.8 Å².